The minimum Gasteiger partial charge on any atom is -0.459 e. The van der Waals surface area contributed by atoms with E-state index in [0.717, 1.165) is 4.47 Å². The van der Waals surface area contributed by atoms with E-state index in [1.807, 2.05) is 18.2 Å². The summed E-state index contributed by atoms with van der Waals surface area (Å²) in [5.74, 6) is -0.804. The quantitative estimate of drug-likeness (QED) is 0.587. The van der Waals surface area contributed by atoms with Gasteiger partial charge in [-0.1, -0.05) is 12.1 Å². The maximum absolute atomic E-state index is 12.6. The van der Waals surface area contributed by atoms with Crippen molar-refractivity contribution in [3.8, 4) is 0 Å². The number of likely N-dealkylation sites (N-methyl/N-ethyl adjacent to an activating group) is 1. The Bertz CT molecular complexity index is 1020. The molecule has 0 saturated heterocycles. The summed E-state index contributed by atoms with van der Waals surface area (Å²) in [5.41, 5.74) is 1.56. The van der Waals surface area contributed by atoms with Gasteiger partial charge in [-0.3, -0.25) is 14.4 Å². The van der Waals surface area contributed by atoms with E-state index in [4.69, 9.17) is 4.42 Å². The van der Waals surface area contributed by atoms with E-state index in [0.29, 0.717) is 16.9 Å². The van der Waals surface area contributed by atoms with Crippen LogP contribution in [-0.2, 0) is 4.79 Å². The molecule has 0 radical (unpaired) electrons. The Kier molecular flexibility index (Phi) is 6.46. The fourth-order valence-electron chi connectivity index (χ4n) is 2.56. The van der Waals surface area contributed by atoms with E-state index in [2.05, 4.69) is 26.6 Å². The van der Waals surface area contributed by atoms with E-state index < -0.39 is 0 Å². The number of carbonyl (C=O) groups excluding carboxylic acids is 3. The van der Waals surface area contributed by atoms with Crippen LogP contribution >= 0.6 is 15.9 Å². The number of hydrogen-bond donors (Lipinski definition) is 2. The Labute approximate surface area is 175 Å². The minimum absolute atomic E-state index is 0.100. The van der Waals surface area contributed by atoms with Gasteiger partial charge in [-0.25, -0.2) is 0 Å². The van der Waals surface area contributed by atoms with Crippen LogP contribution in [0.3, 0.4) is 0 Å². The van der Waals surface area contributed by atoms with Gasteiger partial charge >= 0.3 is 0 Å². The van der Waals surface area contributed by atoms with Crippen LogP contribution in [0.1, 0.15) is 20.9 Å². The number of furan rings is 1. The second kappa shape index (κ2) is 9.20. The first-order valence-electron chi connectivity index (χ1n) is 8.69. The number of benzene rings is 2. The Morgan fingerprint density at radius 3 is 2.34 bits per heavy atom. The Balaban J connectivity index is 1.57. The lowest BCUT2D eigenvalue weighted by Crippen LogP contribution is -2.35. The van der Waals surface area contributed by atoms with E-state index in [-0.39, 0.29) is 30.0 Å². The molecule has 0 saturated carbocycles. The maximum Gasteiger partial charge on any atom is 0.291 e. The van der Waals surface area contributed by atoms with Crippen LogP contribution in [0.25, 0.3) is 0 Å². The lowest BCUT2D eigenvalue weighted by Gasteiger charge is -2.17. The highest BCUT2D eigenvalue weighted by atomic mass is 79.9. The number of hydrogen-bond acceptors (Lipinski definition) is 4. The van der Waals surface area contributed by atoms with Gasteiger partial charge in [0, 0.05) is 22.8 Å². The summed E-state index contributed by atoms with van der Waals surface area (Å²) in [6, 6.07) is 16.8. The summed E-state index contributed by atoms with van der Waals surface area (Å²) in [6.07, 6.45) is 1.42. The van der Waals surface area contributed by atoms with Crippen molar-refractivity contribution in [3.05, 3.63) is 82.7 Å². The molecule has 29 heavy (non-hydrogen) atoms. The molecule has 0 aliphatic carbocycles. The standard InChI is InChI=1S/C21H18BrN3O4/c1-25(13-19(26)24-17-6-3-2-5-16(17)22)21(28)14-8-10-15(11-9-14)23-20(27)18-7-4-12-29-18/h2-12H,13H2,1H3,(H,23,27)(H,24,26). The monoisotopic (exact) mass is 455 g/mol. The van der Waals surface area contributed by atoms with Crippen molar-refractivity contribution in [2.75, 3.05) is 24.2 Å². The molecule has 2 N–H and O–H groups in total. The Hall–Kier alpha value is -3.39. The van der Waals surface area contributed by atoms with Crippen LogP contribution in [0.4, 0.5) is 11.4 Å². The van der Waals surface area contributed by atoms with Crippen molar-refractivity contribution in [2.45, 2.75) is 0 Å². The normalized spacial score (nSPS) is 10.3. The average Bonchev–Trinajstić information content (AvgIpc) is 3.25. The fraction of sp³-hybridized carbons (Fsp3) is 0.0952. The Morgan fingerprint density at radius 1 is 0.966 bits per heavy atom. The molecule has 3 rings (SSSR count). The fourth-order valence-corrected chi connectivity index (χ4v) is 2.94. The number of amides is 3. The van der Waals surface area contributed by atoms with Crippen LogP contribution in [0.15, 0.2) is 75.8 Å². The van der Waals surface area contributed by atoms with Gasteiger partial charge in [0.2, 0.25) is 5.91 Å². The van der Waals surface area contributed by atoms with Crippen molar-refractivity contribution in [2.24, 2.45) is 0 Å². The number of halogens is 1. The SMILES string of the molecule is CN(CC(=O)Nc1ccccc1Br)C(=O)c1ccc(NC(=O)c2ccco2)cc1. The van der Waals surface area contributed by atoms with Gasteiger partial charge in [0.1, 0.15) is 0 Å². The first-order valence-corrected chi connectivity index (χ1v) is 9.48. The lowest BCUT2D eigenvalue weighted by atomic mass is 10.2. The zero-order valence-corrected chi connectivity index (χ0v) is 17.1. The second-order valence-electron chi connectivity index (χ2n) is 6.20. The molecule has 1 aromatic heterocycles. The number of anilines is 2. The van der Waals surface area contributed by atoms with Gasteiger partial charge in [0.15, 0.2) is 5.76 Å². The average molecular weight is 456 g/mol. The van der Waals surface area contributed by atoms with E-state index in [1.165, 1.54) is 11.2 Å². The lowest BCUT2D eigenvalue weighted by molar-refractivity contribution is -0.116. The van der Waals surface area contributed by atoms with E-state index >= 15 is 0 Å². The number of rotatable bonds is 6. The molecule has 0 atom stereocenters. The van der Waals surface area contributed by atoms with Crippen LogP contribution in [0.2, 0.25) is 0 Å². The van der Waals surface area contributed by atoms with E-state index in [1.54, 1.807) is 49.5 Å². The zero-order chi connectivity index (χ0) is 20.8. The van der Waals surface area contributed by atoms with Crippen LogP contribution < -0.4 is 10.6 Å². The van der Waals surface area contributed by atoms with Crippen LogP contribution in [0, 0.1) is 0 Å². The maximum atomic E-state index is 12.6. The van der Waals surface area contributed by atoms with Gasteiger partial charge in [-0.15, -0.1) is 0 Å². The largest absolute Gasteiger partial charge is 0.459 e. The second-order valence-corrected chi connectivity index (χ2v) is 7.05. The third-order valence-corrected chi connectivity index (χ3v) is 4.70. The topological polar surface area (TPSA) is 91.7 Å². The molecule has 1 heterocycles. The number of para-hydroxylation sites is 1. The van der Waals surface area contributed by atoms with Crippen molar-refractivity contribution in [3.63, 3.8) is 0 Å². The Morgan fingerprint density at radius 2 is 1.69 bits per heavy atom. The number of carbonyl (C=O) groups is 3. The molecule has 0 aliphatic heterocycles. The first kappa shape index (κ1) is 20.3. The van der Waals surface area contributed by atoms with Gasteiger partial charge in [-0.2, -0.15) is 0 Å². The first-order chi connectivity index (χ1) is 13.9. The van der Waals surface area contributed by atoms with Crippen molar-refractivity contribution < 1.29 is 18.8 Å². The molecule has 0 unspecified atom stereocenters. The van der Waals surface area contributed by atoms with Gasteiger partial charge in [0.05, 0.1) is 18.5 Å². The summed E-state index contributed by atoms with van der Waals surface area (Å²) in [4.78, 5) is 38.1. The molecule has 148 valence electrons. The van der Waals surface area contributed by atoms with Crippen molar-refractivity contribution in [1.82, 2.24) is 4.90 Å². The van der Waals surface area contributed by atoms with E-state index in [9.17, 15) is 14.4 Å². The number of nitrogens with one attached hydrogen (secondary N) is 2. The molecule has 0 bridgehead atoms. The highest BCUT2D eigenvalue weighted by Crippen LogP contribution is 2.21. The summed E-state index contributed by atoms with van der Waals surface area (Å²) in [7, 11) is 1.55. The molecule has 0 aliphatic rings. The predicted molar refractivity (Wildman–Crippen MR) is 113 cm³/mol. The summed E-state index contributed by atoms with van der Waals surface area (Å²) >= 11 is 3.36. The zero-order valence-electron chi connectivity index (χ0n) is 15.5. The summed E-state index contributed by atoms with van der Waals surface area (Å²) in [5, 5.41) is 5.43. The molecule has 7 nitrogen and oxygen atoms in total. The number of nitrogens with zero attached hydrogens (tertiary/aromatic N) is 1. The molecule has 2 aromatic carbocycles. The molecule has 0 fully saturated rings. The molecule has 3 aromatic rings. The third-order valence-electron chi connectivity index (χ3n) is 4.01. The van der Waals surface area contributed by atoms with Crippen molar-refractivity contribution in [1.29, 1.82) is 0 Å². The predicted octanol–water partition coefficient (Wildman–Crippen LogP) is 4.01. The smallest absolute Gasteiger partial charge is 0.291 e. The minimum atomic E-state index is -0.380. The van der Waals surface area contributed by atoms with Gasteiger partial charge in [-0.05, 0) is 64.5 Å². The molecule has 8 heteroatoms. The van der Waals surface area contributed by atoms with Crippen LogP contribution in [0.5, 0.6) is 0 Å². The van der Waals surface area contributed by atoms with Gasteiger partial charge in [0.25, 0.3) is 11.8 Å². The highest BCUT2D eigenvalue weighted by Gasteiger charge is 2.16. The van der Waals surface area contributed by atoms with Gasteiger partial charge < -0.3 is 20.0 Å². The summed E-state index contributed by atoms with van der Waals surface area (Å²) in [6.45, 7) is -0.100. The molecule has 3 amide bonds. The van der Waals surface area contributed by atoms with Crippen LogP contribution in [-0.4, -0.2) is 36.2 Å². The highest BCUT2D eigenvalue weighted by molar-refractivity contribution is 9.10. The summed E-state index contributed by atoms with van der Waals surface area (Å²) < 4.78 is 5.79. The molecule has 0 spiro atoms. The molecular weight excluding hydrogens is 438 g/mol. The molecular formula is C21H18BrN3O4. The van der Waals surface area contributed by atoms with Crippen molar-refractivity contribution >= 4 is 45.0 Å². The third kappa shape index (κ3) is 5.32.